The molecule has 0 heterocycles. The summed E-state index contributed by atoms with van der Waals surface area (Å²) in [5.74, 6) is -2.24. The van der Waals surface area contributed by atoms with Crippen molar-refractivity contribution in [3.8, 4) is 0 Å². The minimum absolute atomic E-state index is 0.0172. The number of carboxylic acid groups (broad SMARTS) is 2. The molecule has 0 saturated carbocycles. The van der Waals surface area contributed by atoms with Crippen molar-refractivity contribution >= 4 is 22.7 Å². The van der Waals surface area contributed by atoms with Gasteiger partial charge in [-0.05, 0) is 30.0 Å². The van der Waals surface area contributed by atoms with E-state index in [0.29, 0.717) is 5.39 Å². The molecule has 0 aliphatic heterocycles. The summed E-state index contributed by atoms with van der Waals surface area (Å²) in [5.41, 5.74) is 0.889. The standard InChI is InChI=1S/C13H10O4/c1-7-5-6-10(13(16)17)11-8(7)3-2-4-9(11)12(14)15/h2-6H,1H3,(H,14,15)(H,16,17). The van der Waals surface area contributed by atoms with E-state index in [1.807, 2.05) is 6.92 Å². The molecule has 0 atom stereocenters. The molecular formula is C13H10O4. The normalized spacial score (nSPS) is 10.4. The molecule has 2 aromatic carbocycles. The number of aromatic carboxylic acids is 2. The predicted octanol–water partition coefficient (Wildman–Crippen LogP) is 2.54. The Labute approximate surface area is 97.1 Å². The first-order valence-corrected chi connectivity index (χ1v) is 5.01. The van der Waals surface area contributed by atoms with Crippen LogP contribution < -0.4 is 0 Å². The fraction of sp³-hybridized carbons (Fsp3) is 0.0769. The van der Waals surface area contributed by atoms with Gasteiger partial charge in [-0.15, -0.1) is 0 Å². The van der Waals surface area contributed by atoms with E-state index in [-0.39, 0.29) is 16.5 Å². The quantitative estimate of drug-likeness (QED) is 0.831. The molecule has 0 aliphatic rings. The minimum Gasteiger partial charge on any atom is -0.478 e. The van der Waals surface area contributed by atoms with E-state index >= 15 is 0 Å². The van der Waals surface area contributed by atoms with E-state index in [0.717, 1.165) is 5.56 Å². The van der Waals surface area contributed by atoms with Gasteiger partial charge in [0.15, 0.2) is 0 Å². The van der Waals surface area contributed by atoms with Crippen LogP contribution in [-0.4, -0.2) is 22.2 Å². The third kappa shape index (κ3) is 1.73. The van der Waals surface area contributed by atoms with Crippen molar-refractivity contribution in [3.05, 3.63) is 47.0 Å². The Morgan fingerprint density at radius 1 is 0.941 bits per heavy atom. The highest BCUT2D eigenvalue weighted by atomic mass is 16.4. The molecule has 0 saturated heterocycles. The van der Waals surface area contributed by atoms with Gasteiger partial charge in [0, 0.05) is 5.39 Å². The van der Waals surface area contributed by atoms with Crippen LogP contribution in [0.5, 0.6) is 0 Å². The molecule has 86 valence electrons. The molecule has 0 aromatic heterocycles. The molecule has 0 radical (unpaired) electrons. The van der Waals surface area contributed by atoms with Gasteiger partial charge in [-0.2, -0.15) is 0 Å². The summed E-state index contributed by atoms with van der Waals surface area (Å²) in [4.78, 5) is 22.2. The lowest BCUT2D eigenvalue weighted by molar-refractivity contribution is 0.0695. The highest BCUT2D eigenvalue weighted by Crippen LogP contribution is 2.26. The van der Waals surface area contributed by atoms with Crippen LogP contribution in [0.4, 0.5) is 0 Å². The van der Waals surface area contributed by atoms with E-state index in [9.17, 15) is 9.59 Å². The first-order valence-electron chi connectivity index (χ1n) is 5.01. The number of benzene rings is 2. The number of hydrogen-bond acceptors (Lipinski definition) is 2. The molecule has 0 amide bonds. The summed E-state index contributed by atoms with van der Waals surface area (Å²) in [5, 5.41) is 19.1. The molecule has 0 spiro atoms. The van der Waals surface area contributed by atoms with Crippen LogP contribution in [0.2, 0.25) is 0 Å². The first-order chi connectivity index (χ1) is 8.02. The smallest absolute Gasteiger partial charge is 0.336 e. The van der Waals surface area contributed by atoms with Crippen LogP contribution in [0.1, 0.15) is 26.3 Å². The van der Waals surface area contributed by atoms with Crippen LogP contribution in [0.25, 0.3) is 10.8 Å². The number of fused-ring (bicyclic) bond motifs is 1. The lowest BCUT2D eigenvalue weighted by Gasteiger charge is -2.08. The van der Waals surface area contributed by atoms with Crippen molar-refractivity contribution in [1.29, 1.82) is 0 Å². The van der Waals surface area contributed by atoms with Crippen molar-refractivity contribution in [2.24, 2.45) is 0 Å². The second-order valence-electron chi connectivity index (χ2n) is 3.77. The molecular weight excluding hydrogens is 220 g/mol. The van der Waals surface area contributed by atoms with Gasteiger partial charge >= 0.3 is 11.9 Å². The zero-order chi connectivity index (χ0) is 12.6. The van der Waals surface area contributed by atoms with Crippen LogP contribution in [0.3, 0.4) is 0 Å². The van der Waals surface area contributed by atoms with Crippen LogP contribution in [-0.2, 0) is 0 Å². The molecule has 0 unspecified atom stereocenters. The average Bonchev–Trinajstić information content (AvgIpc) is 2.28. The molecule has 0 fully saturated rings. The van der Waals surface area contributed by atoms with Crippen molar-refractivity contribution < 1.29 is 19.8 Å². The van der Waals surface area contributed by atoms with E-state index < -0.39 is 11.9 Å². The number of carbonyl (C=O) groups is 2. The van der Waals surface area contributed by atoms with Gasteiger partial charge in [-0.3, -0.25) is 0 Å². The maximum Gasteiger partial charge on any atom is 0.336 e. The maximum absolute atomic E-state index is 11.1. The third-order valence-corrected chi connectivity index (χ3v) is 2.72. The van der Waals surface area contributed by atoms with Crippen LogP contribution in [0.15, 0.2) is 30.3 Å². The Bertz CT molecular complexity index is 608. The Morgan fingerprint density at radius 3 is 2.12 bits per heavy atom. The van der Waals surface area contributed by atoms with Crippen molar-refractivity contribution in [2.45, 2.75) is 6.92 Å². The predicted molar refractivity (Wildman–Crippen MR) is 62.6 cm³/mol. The zero-order valence-electron chi connectivity index (χ0n) is 9.10. The molecule has 2 N–H and O–H groups in total. The summed E-state index contributed by atoms with van der Waals surface area (Å²) in [7, 11) is 0. The van der Waals surface area contributed by atoms with E-state index in [1.54, 1.807) is 18.2 Å². The van der Waals surface area contributed by atoms with Gasteiger partial charge in [0.1, 0.15) is 0 Å². The highest BCUT2D eigenvalue weighted by Gasteiger charge is 2.16. The molecule has 4 nitrogen and oxygen atoms in total. The van der Waals surface area contributed by atoms with Gasteiger partial charge in [0.2, 0.25) is 0 Å². The number of carboxylic acids is 2. The Kier molecular flexibility index (Phi) is 2.55. The Morgan fingerprint density at radius 2 is 1.53 bits per heavy atom. The van der Waals surface area contributed by atoms with Crippen molar-refractivity contribution in [1.82, 2.24) is 0 Å². The molecule has 2 rings (SSSR count). The second-order valence-corrected chi connectivity index (χ2v) is 3.77. The lowest BCUT2D eigenvalue weighted by atomic mass is 9.96. The number of rotatable bonds is 2. The summed E-state index contributed by atoms with van der Waals surface area (Å²) < 4.78 is 0. The monoisotopic (exact) mass is 230 g/mol. The average molecular weight is 230 g/mol. The molecule has 0 bridgehead atoms. The fourth-order valence-corrected chi connectivity index (χ4v) is 1.91. The Balaban J connectivity index is 2.99. The van der Waals surface area contributed by atoms with Crippen LogP contribution in [0, 0.1) is 6.92 Å². The van der Waals surface area contributed by atoms with Gasteiger partial charge < -0.3 is 10.2 Å². The van der Waals surface area contributed by atoms with Gasteiger partial charge in [-0.1, -0.05) is 18.2 Å². The lowest BCUT2D eigenvalue weighted by Crippen LogP contribution is -2.04. The summed E-state index contributed by atoms with van der Waals surface area (Å²) in [6, 6.07) is 7.87. The zero-order valence-corrected chi connectivity index (χ0v) is 9.10. The topological polar surface area (TPSA) is 74.6 Å². The van der Waals surface area contributed by atoms with E-state index in [2.05, 4.69) is 0 Å². The molecule has 0 aliphatic carbocycles. The number of aryl methyl sites for hydroxylation is 1. The summed E-state index contributed by atoms with van der Waals surface area (Å²) in [6.07, 6.45) is 0. The summed E-state index contributed by atoms with van der Waals surface area (Å²) in [6.45, 7) is 1.82. The molecule has 17 heavy (non-hydrogen) atoms. The molecule has 2 aromatic rings. The van der Waals surface area contributed by atoms with Gasteiger partial charge in [0.25, 0.3) is 0 Å². The second kappa shape index (κ2) is 3.90. The summed E-state index contributed by atoms with van der Waals surface area (Å²) >= 11 is 0. The Hall–Kier alpha value is -2.36. The third-order valence-electron chi connectivity index (χ3n) is 2.72. The van der Waals surface area contributed by atoms with E-state index in [4.69, 9.17) is 10.2 Å². The first kappa shape index (κ1) is 11.1. The minimum atomic E-state index is -1.12. The van der Waals surface area contributed by atoms with E-state index in [1.165, 1.54) is 12.1 Å². The van der Waals surface area contributed by atoms with Crippen molar-refractivity contribution in [2.75, 3.05) is 0 Å². The SMILES string of the molecule is Cc1ccc(C(=O)O)c2c(C(=O)O)cccc12. The largest absolute Gasteiger partial charge is 0.478 e. The maximum atomic E-state index is 11.1. The highest BCUT2D eigenvalue weighted by molar-refractivity contribution is 6.13. The van der Waals surface area contributed by atoms with Crippen molar-refractivity contribution in [3.63, 3.8) is 0 Å². The van der Waals surface area contributed by atoms with Crippen LogP contribution >= 0.6 is 0 Å². The number of hydrogen-bond donors (Lipinski definition) is 2. The van der Waals surface area contributed by atoms with Gasteiger partial charge in [-0.25, -0.2) is 9.59 Å². The van der Waals surface area contributed by atoms with Gasteiger partial charge in [0.05, 0.1) is 11.1 Å². The molecule has 4 heteroatoms. The fourth-order valence-electron chi connectivity index (χ4n) is 1.91.